The van der Waals surface area contributed by atoms with Gasteiger partial charge in [-0.05, 0) is 52.7 Å². The molecule has 2 atom stereocenters. The van der Waals surface area contributed by atoms with E-state index in [9.17, 15) is 9.59 Å². The van der Waals surface area contributed by atoms with Crippen molar-refractivity contribution in [3.63, 3.8) is 0 Å². The van der Waals surface area contributed by atoms with E-state index in [1.807, 2.05) is 50.9 Å². The second kappa shape index (κ2) is 7.92. The fourth-order valence-electron chi connectivity index (χ4n) is 3.74. The van der Waals surface area contributed by atoms with Crippen LogP contribution in [0.25, 0.3) is 0 Å². The van der Waals surface area contributed by atoms with E-state index < -0.39 is 11.7 Å². The van der Waals surface area contributed by atoms with Gasteiger partial charge in [-0.3, -0.25) is 9.69 Å². The molecule has 2 aliphatic heterocycles. The first kappa shape index (κ1) is 19.7. The monoisotopic (exact) mass is 377 g/mol. The first-order valence-electron chi connectivity index (χ1n) is 9.78. The summed E-state index contributed by atoms with van der Waals surface area (Å²) in [7, 11) is 0. The SMILES string of the molecule is CC1c2cccn2CCN1C(=O)CN(CC1CCCO1)C(=O)OC(C)(C)C. The zero-order valence-electron chi connectivity index (χ0n) is 16.8. The van der Waals surface area contributed by atoms with Crippen LogP contribution in [-0.2, 0) is 20.8 Å². The number of rotatable bonds is 4. The fourth-order valence-corrected chi connectivity index (χ4v) is 3.74. The van der Waals surface area contributed by atoms with E-state index >= 15 is 0 Å². The van der Waals surface area contributed by atoms with Crippen molar-refractivity contribution < 1.29 is 19.1 Å². The molecule has 2 aliphatic rings. The van der Waals surface area contributed by atoms with Crippen molar-refractivity contribution in [1.29, 1.82) is 0 Å². The van der Waals surface area contributed by atoms with E-state index in [-0.39, 0.29) is 24.6 Å². The van der Waals surface area contributed by atoms with Crippen molar-refractivity contribution in [1.82, 2.24) is 14.4 Å². The predicted octanol–water partition coefficient (Wildman–Crippen LogP) is 2.81. The van der Waals surface area contributed by atoms with Gasteiger partial charge in [-0.1, -0.05) is 0 Å². The molecule has 27 heavy (non-hydrogen) atoms. The second-order valence-corrected chi connectivity index (χ2v) is 8.39. The van der Waals surface area contributed by atoms with Gasteiger partial charge in [0.05, 0.1) is 18.7 Å². The van der Waals surface area contributed by atoms with Crippen LogP contribution in [0.2, 0.25) is 0 Å². The Labute approximate surface area is 161 Å². The number of ether oxygens (including phenoxy) is 2. The lowest BCUT2D eigenvalue weighted by Gasteiger charge is -2.36. The molecule has 0 aromatic carbocycles. The summed E-state index contributed by atoms with van der Waals surface area (Å²) < 4.78 is 13.4. The maximum absolute atomic E-state index is 13.0. The van der Waals surface area contributed by atoms with Gasteiger partial charge in [0.25, 0.3) is 0 Å². The van der Waals surface area contributed by atoms with E-state index in [0.717, 1.165) is 25.1 Å². The van der Waals surface area contributed by atoms with Gasteiger partial charge in [-0.25, -0.2) is 4.79 Å². The molecule has 7 heteroatoms. The Kier molecular flexibility index (Phi) is 5.79. The van der Waals surface area contributed by atoms with E-state index in [1.165, 1.54) is 4.90 Å². The molecule has 0 saturated carbocycles. The van der Waals surface area contributed by atoms with Gasteiger partial charge in [-0.2, -0.15) is 0 Å². The summed E-state index contributed by atoms with van der Waals surface area (Å²) in [6.45, 7) is 10.1. The van der Waals surface area contributed by atoms with Crippen LogP contribution in [0.1, 0.15) is 52.3 Å². The minimum atomic E-state index is -0.603. The first-order valence-corrected chi connectivity index (χ1v) is 9.78. The first-order chi connectivity index (χ1) is 12.7. The largest absolute Gasteiger partial charge is 0.444 e. The number of carbonyl (C=O) groups is 2. The van der Waals surface area contributed by atoms with Crippen molar-refractivity contribution in [2.45, 2.75) is 64.8 Å². The summed E-state index contributed by atoms with van der Waals surface area (Å²) >= 11 is 0. The molecule has 0 N–H and O–H groups in total. The Morgan fingerprint density at radius 3 is 2.78 bits per heavy atom. The lowest BCUT2D eigenvalue weighted by molar-refractivity contribution is -0.136. The molecular weight excluding hydrogens is 346 g/mol. The molecule has 150 valence electrons. The van der Waals surface area contributed by atoms with Crippen LogP contribution >= 0.6 is 0 Å². The van der Waals surface area contributed by atoms with Crippen LogP contribution in [0.5, 0.6) is 0 Å². The van der Waals surface area contributed by atoms with Gasteiger partial charge in [0.1, 0.15) is 12.1 Å². The molecular formula is C20H31N3O4. The van der Waals surface area contributed by atoms with Crippen molar-refractivity contribution in [2.24, 2.45) is 0 Å². The molecule has 1 fully saturated rings. The van der Waals surface area contributed by atoms with Gasteiger partial charge >= 0.3 is 6.09 Å². The Bertz CT molecular complexity index is 673. The molecule has 1 saturated heterocycles. The molecule has 1 aromatic heterocycles. The standard InChI is InChI=1S/C20H31N3O4/c1-15-17-8-5-9-21(17)10-11-23(15)18(24)14-22(13-16-7-6-12-26-16)19(25)27-20(2,3)4/h5,8-9,15-16H,6-7,10-14H2,1-4H3. The van der Waals surface area contributed by atoms with E-state index in [4.69, 9.17) is 9.47 Å². The zero-order valence-corrected chi connectivity index (χ0v) is 16.8. The van der Waals surface area contributed by atoms with E-state index in [1.54, 1.807) is 0 Å². The second-order valence-electron chi connectivity index (χ2n) is 8.39. The van der Waals surface area contributed by atoms with Crippen LogP contribution in [0.4, 0.5) is 4.79 Å². The topological polar surface area (TPSA) is 64.0 Å². The molecule has 0 bridgehead atoms. The summed E-state index contributed by atoms with van der Waals surface area (Å²) in [5, 5.41) is 0. The molecule has 0 spiro atoms. The highest BCUT2D eigenvalue weighted by molar-refractivity contribution is 5.83. The lowest BCUT2D eigenvalue weighted by Crippen LogP contribution is -2.49. The number of hydrogen-bond acceptors (Lipinski definition) is 4. The Hall–Kier alpha value is -2.02. The summed E-state index contributed by atoms with van der Waals surface area (Å²) in [6, 6.07) is 4.04. The maximum atomic E-state index is 13.0. The minimum Gasteiger partial charge on any atom is -0.444 e. The Morgan fingerprint density at radius 2 is 2.11 bits per heavy atom. The summed E-state index contributed by atoms with van der Waals surface area (Å²) in [4.78, 5) is 29.1. The normalized spacial score (nSPS) is 22.4. The molecule has 3 rings (SSSR count). The average Bonchev–Trinajstić information content (AvgIpc) is 3.24. The molecule has 0 aliphatic carbocycles. The van der Waals surface area contributed by atoms with Gasteiger partial charge in [0.2, 0.25) is 5.91 Å². The number of amides is 2. The third-order valence-corrected chi connectivity index (χ3v) is 5.09. The summed E-state index contributed by atoms with van der Waals surface area (Å²) in [5.41, 5.74) is 0.520. The maximum Gasteiger partial charge on any atom is 0.410 e. The van der Waals surface area contributed by atoms with Crippen LogP contribution in [0.15, 0.2) is 18.3 Å². The van der Waals surface area contributed by atoms with Crippen molar-refractivity contribution in [3.8, 4) is 0 Å². The number of fused-ring (bicyclic) bond motifs is 1. The van der Waals surface area contributed by atoms with Crippen LogP contribution in [0, 0.1) is 0 Å². The number of carbonyl (C=O) groups excluding carboxylic acids is 2. The van der Waals surface area contributed by atoms with Crippen molar-refractivity contribution >= 4 is 12.0 Å². The molecule has 0 radical (unpaired) electrons. The highest BCUT2D eigenvalue weighted by Crippen LogP contribution is 2.26. The number of nitrogens with zero attached hydrogens (tertiary/aromatic N) is 3. The fraction of sp³-hybridized carbons (Fsp3) is 0.700. The Morgan fingerprint density at radius 1 is 1.33 bits per heavy atom. The third kappa shape index (κ3) is 4.83. The minimum absolute atomic E-state index is 0.00975. The Balaban J connectivity index is 1.68. The average molecular weight is 377 g/mol. The quantitative estimate of drug-likeness (QED) is 0.809. The number of aromatic nitrogens is 1. The summed E-state index contributed by atoms with van der Waals surface area (Å²) in [5.74, 6) is -0.0567. The molecule has 7 nitrogen and oxygen atoms in total. The summed E-state index contributed by atoms with van der Waals surface area (Å²) in [6.07, 6.45) is 3.45. The van der Waals surface area contributed by atoms with Crippen molar-refractivity contribution in [2.75, 3.05) is 26.2 Å². The lowest BCUT2D eigenvalue weighted by atomic mass is 10.1. The highest BCUT2D eigenvalue weighted by Gasteiger charge is 2.32. The highest BCUT2D eigenvalue weighted by atomic mass is 16.6. The third-order valence-electron chi connectivity index (χ3n) is 5.09. The molecule has 3 heterocycles. The molecule has 2 amide bonds. The van der Waals surface area contributed by atoms with E-state index in [0.29, 0.717) is 19.7 Å². The van der Waals surface area contributed by atoms with Gasteiger partial charge in [-0.15, -0.1) is 0 Å². The van der Waals surface area contributed by atoms with Crippen molar-refractivity contribution in [3.05, 3.63) is 24.0 Å². The van der Waals surface area contributed by atoms with Gasteiger partial charge < -0.3 is 18.9 Å². The zero-order chi connectivity index (χ0) is 19.6. The number of hydrogen-bond donors (Lipinski definition) is 0. The van der Waals surface area contributed by atoms with Gasteiger partial charge in [0, 0.05) is 31.6 Å². The van der Waals surface area contributed by atoms with Crippen LogP contribution < -0.4 is 0 Å². The smallest absolute Gasteiger partial charge is 0.410 e. The molecule has 2 unspecified atom stereocenters. The molecule has 1 aromatic rings. The van der Waals surface area contributed by atoms with E-state index in [2.05, 4.69) is 4.57 Å². The predicted molar refractivity (Wildman–Crippen MR) is 101 cm³/mol. The van der Waals surface area contributed by atoms with Crippen LogP contribution in [0.3, 0.4) is 0 Å². The van der Waals surface area contributed by atoms with Gasteiger partial charge in [0.15, 0.2) is 0 Å². The van der Waals surface area contributed by atoms with Crippen LogP contribution in [-0.4, -0.2) is 64.3 Å².